The Bertz CT molecular complexity index is 243. The van der Waals surface area contributed by atoms with Crippen LogP contribution < -0.4 is 5.32 Å². The van der Waals surface area contributed by atoms with Gasteiger partial charge in [-0.25, -0.2) is 0 Å². The van der Waals surface area contributed by atoms with Gasteiger partial charge in [0.1, 0.15) is 10.1 Å². The van der Waals surface area contributed by atoms with Gasteiger partial charge in [0.25, 0.3) is 0 Å². The normalized spacial score (nSPS) is 9.40. The molecular weight excluding hydrogens is 166 g/mol. The van der Waals surface area contributed by atoms with Crippen LogP contribution in [-0.2, 0) is 7.05 Å². The molecule has 0 atom stereocenters. The van der Waals surface area contributed by atoms with E-state index in [2.05, 4.69) is 23.0 Å². The van der Waals surface area contributed by atoms with Gasteiger partial charge in [-0.1, -0.05) is 12.2 Å². The minimum atomic E-state index is 0.448. The maximum atomic E-state index is 4.72. The van der Waals surface area contributed by atoms with Crippen LogP contribution in [0.15, 0.2) is 12.3 Å². The van der Waals surface area contributed by atoms with Gasteiger partial charge >= 0.3 is 0 Å². The van der Waals surface area contributed by atoms with E-state index in [0.717, 1.165) is 5.82 Å². The summed E-state index contributed by atoms with van der Waals surface area (Å²) in [5.41, 5.74) is 0. The van der Waals surface area contributed by atoms with E-state index < -0.39 is 0 Å². The quantitative estimate of drug-likeness (QED) is 0.491. The summed E-state index contributed by atoms with van der Waals surface area (Å²) >= 11 is 8.63. The molecule has 0 bridgehead atoms. The fourth-order valence-corrected chi connectivity index (χ4v) is 0.825. The van der Waals surface area contributed by atoms with Crippen molar-refractivity contribution in [2.45, 2.75) is 0 Å². The number of aryl methyl sites for hydroxylation is 1. The van der Waals surface area contributed by atoms with E-state index >= 15 is 0 Å². The van der Waals surface area contributed by atoms with Crippen molar-refractivity contribution >= 4 is 35.0 Å². The molecule has 1 N–H and O–H groups in total. The molecule has 0 saturated heterocycles. The summed E-state index contributed by atoms with van der Waals surface area (Å²) in [5, 5.41) is 6.78. The largest absolute Gasteiger partial charge is 0.326 e. The molecule has 0 unspecified atom stereocenters. The number of nitrogens with one attached hydrogen (secondary N) is 1. The second-order valence-electron chi connectivity index (χ2n) is 1.77. The average molecular weight is 173 g/mol. The first-order valence-corrected chi connectivity index (χ1v) is 3.53. The van der Waals surface area contributed by atoms with Crippen molar-refractivity contribution in [3.8, 4) is 0 Å². The monoisotopic (exact) mass is 173 g/mol. The third-order valence-corrected chi connectivity index (χ3v) is 1.27. The number of rotatable bonds is 1. The number of hydrogen-bond donors (Lipinski definition) is 2. The van der Waals surface area contributed by atoms with Crippen molar-refractivity contribution in [1.29, 1.82) is 0 Å². The van der Waals surface area contributed by atoms with Gasteiger partial charge in [-0.05, 0) is 0 Å². The molecule has 3 nitrogen and oxygen atoms in total. The zero-order valence-electron chi connectivity index (χ0n) is 5.40. The molecule has 0 spiro atoms. The van der Waals surface area contributed by atoms with E-state index in [-0.39, 0.29) is 0 Å². The molecule has 0 amide bonds. The van der Waals surface area contributed by atoms with Gasteiger partial charge in [-0.2, -0.15) is 5.10 Å². The molecule has 0 aliphatic carbocycles. The number of thiol groups is 1. The van der Waals surface area contributed by atoms with Crippen LogP contribution in [0, 0.1) is 0 Å². The number of thiocarbonyl (C=S) groups is 1. The minimum Gasteiger partial charge on any atom is -0.326 e. The lowest BCUT2D eigenvalue weighted by molar-refractivity contribution is 0.778. The summed E-state index contributed by atoms with van der Waals surface area (Å²) in [7, 11) is 1.83. The first-order chi connectivity index (χ1) is 4.70. The molecule has 0 aliphatic rings. The Balaban J connectivity index is 2.74. The molecule has 54 valence electrons. The molecule has 0 aromatic carbocycles. The molecule has 1 heterocycles. The van der Waals surface area contributed by atoms with Gasteiger partial charge < -0.3 is 5.32 Å². The summed E-state index contributed by atoms with van der Waals surface area (Å²) in [6.07, 6.45) is 1.69. The summed E-state index contributed by atoms with van der Waals surface area (Å²) in [6.45, 7) is 0. The van der Waals surface area contributed by atoms with Gasteiger partial charge in [-0.15, -0.1) is 12.6 Å². The number of hydrogen-bond acceptors (Lipinski definition) is 2. The number of aromatic nitrogens is 2. The SMILES string of the molecule is Cn1nccc1NC(=S)S. The van der Waals surface area contributed by atoms with Crippen LogP contribution in [0.25, 0.3) is 0 Å². The summed E-state index contributed by atoms with van der Waals surface area (Å²) < 4.78 is 2.13. The molecule has 1 aromatic rings. The predicted octanol–water partition coefficient (Wildman–Crippen LogP) is 1.05. The minimum absolute atomic E-state index is 0.448. The molecule has 1 aromatic heterocycles. The van der Waals surface area contributed by atoms with Crippen LogP contribution in [0.3, 0.4) is 0 Å². The van der Waals surface area contributed by atoms with Gasteiger partial charge in [-0.3, -0.25) is 4.68 Å². The molecule has 0 aliphatic heterocycles. The fourth-order valence-electron chi connectivity index (χ4n) is 0.606. The molecule has 0 radical (unpaired) electrons. The molecule has 10 heavy (non-hydrogen) atoms. The van der Waals surface area contributed by atoms with Crippen LogP contribution in [0.5, 0.6) is 0 Å². The van der Waals surface area contributed by atoms with E-state index in [9.17, 15) is 0 Å². The average Bonchev–Trinajstić information content (AvgIpc) is 2.15. The highest BCUT2D eigenvalue weighted by molar-refractivity contribution is 8.11. The van der Waals surface area contributed by atoms with E-state index in [1.165, 1.54) is 0 Å². The highest BCUT2D eigenvalue weighted by atomic mass is 32.1. The van der Waals surface area contributed by atoms with Gasteiger partial charge in [0.2, 0.25) is 0 Å². The third kappa shape index (κ3) is 1.71. The zero-order chi connectivity index (χ0) is 7.56. The van der Waals surface area contributed by atoms with Crippen molar-refractivity contribution in [3.05, 3.63) is 12.3 Å². The van der Waals surface area contributed by atoms with Crippen LogP contribution in [-0.4, -0.2) is 14.1 Å². The lowest BCUT2D eigenvalue weighted by Crippen LogP contribution is -2.05. The highest BCUT2D eigenvalue weighted by Gasteiger charge is 1.95. The molecular formula is C5H7N3S2. The Hall–Kier alpha value is -0.550. The lowest BCUT2D eigenvalue weighted by atomic mass is 10.6. The first-order valence-electron chi connectivity index (χ1n) is 2.68. The predicted molar refractivity (Wildman–Crippen MR) is 48.4 cm³/mol. The van der Waals surface area contributed by atoms with Gasteiger partial charge in [0.05, 0.1) is 6.20 Å². The molecule has 0 saturated carbocycles. The van der Waals surface area contributed by atoms with Crippen molar-refractivity contribution in [2.75, 3.05) is 5.32 Å². The van der Waals surface area contributed by atoms with E-state index in [1.54, 1.807) is 10.9 Å². The second-order valence-corrected chi connectivity index (χ2v) is 2.93. The smallest absolute Gasteiger partial charge is 0.136 e. The van der Waals surface area contributed by atoms with Crippen LogP contribution in [0.2, 0.25) is 0 Å². The van der Waals surface area contributed by atoms with Crippen LogP contribution >= 0.6 is 24.8 Å². The summed E-state index contributed by atoms with van der Waals surface area (Å²) in [5.74, 6) is 0.847. The Morgan fingerprint density at radius 2 is 2.60 bits per heavy atom. The molecule has 0 fully saturated rings. The Morgan fingerprint density at radius 1 is 1.90 bits per heavy atom. The van der Waals surface area contributed by atoms with E-state index in [1.807, 2.05) is 13.1 Å². The van der Waals surface area contributed by atoms with Crippen LogP contribution in [0.4, 0.5) is 5.82 Å². The van der Waals surface area contributed by atoms with Crippen molar-refractivity contribution < 1.29 is 0 Å². The Morgan fingerprint density at radius 3 is 3.00 bits per heavy atom. The maximum Gasteiger partial charge on any atom is 0.136 e. The maximum absolute atomic E-state index is 4.72. The van der Waals surface area contributed by atoms with Gasteiger partial charge in [0.15, 0.2) is 0 Å². The topological polar surface area (TPSA) is 29.9 Å². The Labute approximate surface area is 69.8 Å². The van der Waals surface area contributed by atoms with Crippen molar-refractivity contribution in [3.63, 3.8) is 0 Å². The van der Waals surface area contributed by atoms with Gasteiger partial charge in [0, 0.05) is 13.1 Å². The second kappa shape index (κ2) is 3.03. The number of nitrogens with zero attached hydrogens (tertiary/aromatic N) is 2. The summed E-state index contributed by atoms with van der Waals surface area (Å²) in [6, 6.07) is 1.82. The van der Waals surface area contributed by atoms with Crippen molar-refractivity contribution in [2.24, 2.45) is 7.05 Å². The molecule has 5 heteroatoms. The van der Waals surface area contributed by atoms with E-state index in [0.29, 0.717) is 4.32 Å². The first kappa shape index (κ1) is 7.56. The zero-order valence-corrected chi connectivity index (χ0v) is 7.12. The lowest BCUT2D eigenvalue weighted by Gasteiger charge is -2.01. The number of anilines is 1. The summed E-state index contributed by atoms with van der Waals surface area (Å²) in [4.78, 5) is 0. The highest BCUT2D eigenvalue weighted by Crippen LogP contribution is 2.03. The van der Waals surface area contributed by atoms with E-state index in [4.69, 9.17) is 12.2 Å². The molecule has 1 rings (SSSR count). The van der Waals surface area contributed by atoms with Crippen molar-refractivity contribution in [1.82, 2.24) is 9.78 Å². The Kier molecular flexibility index (Phi) is 2.29. The third-order valence-electron chi connectivity index (χ3n) is 1.06. The standard InChI is InChI=1S/C5H7N3S2/c1-8-4(2-3-6-8)7-5(9)10/h2-3H,1H3,(H2,7,9,10). The van der Waals surface area contributed by atoms with Crippen LogP contribution in [0.1, 0.15) is 0 Å². The fraction of sp³-hybridized carbons (Fsp3) is 0.200.